The van der Waals surface area contributed by atoms with Crippen molar-refractivity contribution in [3.05, 3.63) is 248 Å². The van der Waals surface area contributed by atoms with Gasteiger partial charge in [-0.05, 0) is 46.7 Å². The third-order valence-electron chi connectivity index (χ3n) is 11.2. The van der Waals surface area contributed by atoms with Crippen molar-refractivity contribution in [3.63, 3.8) is 0 Å². The molecule has 3 aromatic heterocycles. The van der Waals surface area contributed by atoms with Gasteiger partial charge in [-0.3, -0.25) is 4.79 Å². The molecule has 8 nitrogen and oxygen atoms in total. The Hall–Kier alpha value is -7.67. The van der Waals surface area contributed by atoms with Gasteiger partial charge in [0, 0.05) is 39.3 Å². The molecule has 0 aliphatic rings. The van der Waals surface area contributed by atoms with Crippen LogP contribution in [0.25, 0.3) is 67.5 Å². The van der Waals surface area contributed by atoms with Crippen LogP contribution in [0.4, 0.5) is 13.2 Å². The molecule has 7 aromatic carbocycles. The molecular weight excluding hydrogens is 983 g/mol. The summed E-state index contributed by atoms with van der Waals surface area (Å²) in [5, 5.41) is 27.1. The first-order valence-corrected chi connectivity index (χ1v) is 23.2. The van der Waals surface area contributed by atoms with E-state index in [1.54, 1.807) is 6.07 Å². The number of ketones is 1. The second-order valence-corrected chi connectivity index (χ2v) is 16.5. The Bertz CT molecular complexity index is 2990. The largest absolute Gasteiger partial charge is 2.00 e. The maximum absolute atomic E-state index is 11.8. The first-order chi connectivity index (χ1) is 34.1. The topological polar surface area (TPSA) is 93.6 Å². The summed E-state index contributed by atoms with van der Waals surface area (Å²) in [6.07, 6.45) is -4.94. The maximum atomic E-state index is 11.8. The molecule has 0 unspecified atom stereocenters. The number of halogens is 5. The molecule has 3 heterocycles. The van der Waals surface area contributed by atoms with Crippen molar-refractivity contribution in [1.82, 2.24) is 29.1 Å². The number of hydrogen-bond acceptors (Lipinski definition) is 5. The van der Waals surface area contributed by atoms with E-state index >= 15 is 0 Å². The third kappa shape index (κ3) is 12.6. The van der Waals surface area contributed by atoms with Crippen molar-refractivity contribution >= 4 is 36.1 Å². The van der Waals surface area contributed by atoms with Crippen molar-refractivity contribution in [2.75, 3.05) is 5.34 Å². The first-order valence-electron chi connectivity index (χ1n) is 22.1. The number of rotatable bonds is 11. The van der Waals surface area contributed by atoms with Crippen molar-refractivity contribution in [2.45, 2.75) is 6.18 Å². The molecule has 0 fully saturated rings. The summed E-state index contributed by atoms with van der Waals surface area (Å²) in [4.78, 5) is 11.1. The molecule has 0 saturated heterocycles. The molecule has 0 N–H and O–H groups in total. The molecule has 10 rings (SSSR count). The van der Waals surface area contributed by atoms with Crippen LogP contribution in [0, 0.1) is 0 Å². The van der Waals surface area contributed by atoms with Crippen LogP contribution in [0.2, 0.25) is 0 Å². The normalized spacial score (nSPS) is 11.2. The van der Waals surface area contributed by atoms with Crippen LogP contribution in [0.5, 0.6) is 0 Å². The number of benzene rings is 7. The van der Waals surface area contributed by atoms with E-state index in [1.165, 1.54) is 24.3 Å². The van der Waals surface area contributed by atoms with Gasteiger partial charge in [0.1, 0.15) is 0 Å². The smallest absolute Gasteiger partial charge is 0.869 e. The van der Waals surface area contributed by atoms with E-state index in [0.29, 0.717) is 0 Å². The fourth-order valence-corrected chi connectivity index (χ4v) is 7.94. The van der Waals surface area contributed by atoms with Crippen LogP contribution in [0.3, 0.4) is 0 Å². The van der Waals surface area contributed by atoms with Crippen LogP contribution in [0.15, 0.2) is 242 Å². The van der Waals surface area contributed by atoms with Gasteiger partial charge in [0.05, 0.1) is 22.4 Å². The zero-order valence-electron chi connectivity index (χ0n) is 37.7. The molecule has 0 aliphatic carbocycles. The van der Waals surface area contributed by atoms with Gasteiger partial charge in [0.2, 0.25) is 0 Å². The van der Waals surface area contributed by atoms with Gasteiger partial charge >= 0.3 is 30.4 Å². The van der Waals surface area contributed by atoms with Gasteiger partial charge in [-0.15, -0.1) is 23.2 Å². The van der Waals surface area contributed by atoms with Crippen LogP contribution >= 0.6 is 23.2 Å². The number of aromatic nitrogens is 6. The molecule has 10 aromatic rings. The van der Waals surface area contributed by atoms with Gasteiger partial charge in [-0.25, -0.2) is 15.3 Å². The summed E-state index contributed by atoms with van der Waals surface area (Å²) in [5.74, 6) is -3.09. The summed E-state index contributed by atoms with van der Waals surface area (Å²) >= 11 is 9.53. The molecule has 0 saturated carbocycles. The Morgan fingerprint density at radius 1 is 0.465 bits per heavy atom. The van der Waals surface area contributed by atoms with E-state index in [4.69, 9.17) is 38.5 Å². The molecule has 0 atom stereocenters. The molecule has 0 amide bonds. The van der Waals surface area contributed by atoms with E-state index in [-0.39, 0.29) is 34.0 Å². The van der Waals surface area contributed by atoms with Gasteiger partial charge in [0.25, 0.3) is 0 Å². The summed E-state index contributed by atoms with van der Waals surface area (Å²) in [6, 6.07) is 76.4. The number of nitrogens with zero attached hydrogens (tertiary/aromatic N) is 6. The summed E-state index contributed by atoms with van der Waals surface area (Å²) in [6.45, 7) is 0. The standard InChI is InChI=1S/C45H34BN6.C10H7F3O2.CH2Cl2.Fe/c1-7-19-34(20-8-1)40-31-43(37-25-13-4-14-26-37)50(47-40)46(51-44(38-27-15-5-16-28-38)32-41(48-51)35-21-9-2-10-22-35)52-45(39-29-17-6-18-30-39)33-42(49-52)36-23-11-3-12-24-36;11-10(12,13)9(15)6-8(14)7-4-2-1-3-5-7;2-1-3;/h1-33,46H;1-6,15H;1H2;/q-1;;;+2/p-1/b;9-6-;;. The number of carbonyl (C=O) groups is 1. The van der Waals surface area contributed by atoms with Crippen molar-refractivity contribution < 1.29 is 40.1 Å². The van der Waals surface area contributed by atoms with Crippen LogP contribution in [-0.2, 0) is 17.1 Å². The second-order valence-electron chi connectivity index (χ2n) is 15.7. The Kier molecular flexibility index (Phi) is 17.5. The number of allylic oxidation sites excluding steroid dienone is 2. The van der Waals surface area contributed by atoms with Gasteiger partial charge in [-0.2, -0.15) is 13.2 Å². The Labute approximate surface area is 429 Å². The zero-order valence-corrected chi connectivity index (χ0v) is 40.3. The fourth-order valence-electron chi connectivity index (χ4n) is 7.94. The molecule has 0 aliphatic heterocycles. The van der Waals surface area contributed by atoms with Crippen molar-refractivity contribution in [1.29, 1.82) is 0 Å². The zero-order chi connectivity index (χ0) is 48.9. The summed E-state index contributed by atoms with van der Waals surface area (Å²) < 4.78 is 41.9. The third-order valence-corrected chi connectivity index (χ3v) is 11.2. The average molecular weight is 1030 g/mol. The van der Waals surface area contributed by atoms with E-state index in [1.807, 2.05) is 36.4 Å². The summed E-state index contributed by atoms with van der Waals surface area (Å²) in [5.41, 5.74) is 11.9. The Morgan fingerprint density at radius 3 is 0.958 bits per heavy atom. The molecule has 0 spiro atoms. The average Bonchev–Trinajstić information content (AvgIpc) is 4.18. The SMILES string of the molecule is ClCCl.O=C(/C=C(\[O-])C(F)(F)F)c1ccccc1.[Fe+2].c1ccc(-c2cc(-c3ccccc3)n([BH-](n3nc(-c4ccccc4)cc3-c3ccccc3)n3nc(-c4ccccc4)cc3-c3ccccc3)n2)cc1. The molecule has 0 bridgehead atoms. The van der Waals surface area contributed by atoms with E-state index in [2.05, 4.69) is 178 Å². The molecule has 71 heavy (non-hydrogen) atoms. The predicted octanol–water partition coefficient (Wildman–Crippen LogP) is 13.0. The predicted molar refractivity (Wildman–Crippen MR) is 274 cm³/mol. The molecule has 0 radical (unpaired) electrons. The van der Waals surface area contributed by atoms with Crippen molar-refractivity contribution in [2.24, 2.45) is 0 Å². The number of alkyl halides is 5. The van der Waals surface area contributed by atoms with E-state index in [9.17, 15) is 23.1 Å². The minimum absolute atomic E-state index is 0. The van der Waals surface area contributed by atoms with Crippen LogP contribution < -0.4 is 5.11 Å². The second kappa shape index (κ2) is 24.3. The molecule has 15 heteroatoms. The van der Waals surface area contributed by atoms with Crippen LogP contribution in [-0.4, -0.2) is 53.5 Å². The number of carbonyl (C=O) groups excluding carboxylic acids is 1. The van der Waals surface area contributed by atoms with Gasteiger partial charge in [0.15, 0.2) is 5.78 Å². The minimum Gasteiger partial charge on any atom is -0.869 e. The van der Waals surface area contributed by atoms with Gasteiger partial charge in [-0.1, -0.05) is 212 Å². The van der Waals surface area contributed by atoms with Gasteiger partial charge < -0.3 is 18.9 Å². The summed E-state index contributed by atoms with van der Waals surface area (Å²) in [7, 11) is -1.96. The van der Waals surface area contributed by atoms with Crippen LogP contribution in [0.1, 0.15) is 10.4 Å². The molecular formula is C56H42BCl2F3FeN6O2. The Balaban J connectivity index is 0.000000333. The quantitative estimate of drug-likeness (QED) is 0.0423. The first kappa shape index (κ1) is 51.2. The van der Waals surface area contributed by atoms with Crippen molar-refractivity contribution in [3.8, 4) is 67.5 Å². The number of hydrogen-bond donors (Lipinski definition) is 0. The maximum Gasteiger partial charge on any atom is 2.00 e. The minimum atomic E-state index is -5.00. The van der Waals surface area contributed by atoms with E-state index < -0.39 is 24.8 Å². The Morgan fingerprint density at radius 2 is 0.704 bits per heavy atom. The fraction of sp³-hybridized carbons (Fsp3) is 0.0357. The monoisotopic (exact) mass is 1020 g/mol. The molecule has 354 valence electrons. The van der Waals surface area contributed by atoms with E-state index in [0.717, 1.165) is 67.5 Å².